The predicted molar refractivity (Wildman–Crippen MR) is 96.8 cm³/mol. The zero-order valence-corrected chi connectivity index (χ0v) is 16.4. The molecule has 0 aliphatic carbocycles. The summed E-state index contributed by atoms with van der Waals surface area (Å²) in [6.45, 7) is 4.79. The summed E-state index contributed by atoms with van der Waals surface area (Å²) in [4.78, 5) is -0.195. The second-order valence-corrected chi connectivity index (χ2v) is 9.43. The summed E-state index contributed by atoms with van der Waals surface area (Å²) in [5, 5.41) is 0. The standard InChI is InChI=1S/C13H23N3O5S2.ClH/c1-5-22(17,18)16-11-8-10(21-4)6-7-12(11)23(19,20)15-9-13(2,3)14;/h6-8,15-16H,5,9,14H2,1-4H3;1H. The van der Waals surface area contributed by atoms with Gasteiger partial charge in [-0.3, -0.25) is 4.72 Å². The van der Waals surface area contributed by atoms with Crippen LogP contribution in [0.1, 0.15) is 20.8 Å². The molecule has 0 radical (unpaired) electrons. The smallest absolute Gasteiger partial charge is 0.242 e. The van der Waals surface area contributed by atoms with Gasteiger partial charge in [0.2, 0.25) is 20.0 Å². The zero-order chi connectivity index (χ0) is 17.9. The van der Waals surface area contributed by atoms with Gasteiger partial charge in [0.15, 0.2) is 0 Å². The number of sulfonamides is 2. The molecule has 1 rings (SSSR count). The summed E-state index contributed by atoms with van der Waals surface area (Å²) in [5.41, 5.74) is 4.95. The summed E-state index contributed by atoms with van der Waals surface area (Å²) in [6.07, 6.45) is 0. The van der Waals surface area contributed by atoms with E-state index in [1.54, 1.807) is 13.8 Å². The fourth-order valence-corrected chi connectivity index (χ4v) is 3.63. The molecule has 0 atom stereocenters. The van der Waals surface area contributed by atoms with Gasteiger partial charge in [0.1, 0.15) is 10.6 Å². The van der Waals surface area contributed by atoms with Crippen LogP contribution in [0.15, 0.2) is 23.1 Å². The fraction of sp³-hybridized carbons (Fsp3) is 0.538. The van der Waals surface area contributed by atoms with Crippen molar-refractivity contribution in [2.45, 2.75) is 31.2 Å². The zero-order valence-electron chi connectivity index (χ0n) is 14.0. The highest BCUT2D eigenvalue weighted by Gasteiger charge is 2.24. The molecular weight excluding hydrogens is 378 g/mol. The number of rotatable bonds is 8. The molecule has 24 heavy (non-hydrogen) atoms. The van der Waals surface area contributed by atoms with Crippen molar-refractivity contribution in [3.05, 3.63) is 18.2 Å². The van der Waals surface area contributed by atoms with Crippen molar-refractivity contribution in [1.29, 1.82) is 0 Å². The van der Waals surface area contributed by atoms with Gasteiger partial charge in [-0.15, -0.1) is 12.4 Å². The minimum Gasteiger partial charge on any atom is -0.497 e. The van der Waals surface area contributed by atoms with E-state index in [0.717, 1.165) is 0 Å². The first kappa shape index (κ1) is 22.9. The van der Waals surface area contributed by atoms with Gasteiger partial charge >= 0.3 is 0 Å². The molecule has 0 spiro atoms. The Labute approximate surface area is 149 Å². The van der Waals surface area contributed by atoms with Gasteiger partial charge < -0.3 is 10.5 Å². The number of benzene rings is 1. The van der Waals surface area contributed by atoms with Gasteiger partial charge in [0, 0.05) is 18.2 Å². The molecule has 4 N–H and O–H groups in total. The number of methoxy groups -OCH3 is 1. The van der Waals surface area contributed by atoms with Gasteiger partial charge in [-0.05, 0) is 32.9 Å². The highest BCUT2D eigenvalue weighted by atomic mass is 35.5. The van der Waals surface area contributed by atoms with Crippen molar-refractivity contribution in [3.63, 3.8) is 0 Å². The Morgan fingerprint density at radius 1 is 1.21 bits per heavy atom. The molecule has 8 nitrogen and oxygen atoms in total. The van der Waals surface area contributed by atoms with E-state index in [1.165, 1.54) is 32.2 Å². The molecule has 1 aromatic carbocycles. The average Bonchev–Trinajstić information content (AvgIpc) is 2.44. The van der Waals surface area contributed by atoms with Gasteiger partial charge in [0.05, 0.1) is 18.6 Å². The number of hydrogen-bond donors (Lipinski definition) is 3. The fourth-order valence-electron chi connectivity index (χ4n) is 1.55. The number of ether oxygens (including phenoxy) is 1. The quantitative estimate of drug-likeness (QED) is 0.593. The van der Waals surface area contributed by atoms with Gasteiger partial charge in [0.25, 0.3) is 0 Å². The van der Waals surface area contributed by atoms with Crippen LogP contribution in [0.25, 0.3) is 0 Å². The van der Waals surface area contributed by atoms with Crippen LogP contribution in [-0.2, 0) is 20.0 Å². The number of hydrogen-bond acceptors (Lipinski definition) is 6. The first-order chi connectivity index (χ1) is 10.4. The van der Waals surface area contributed by atoms with E-state index in [1.807, 2.05) is 0 Å². The van der Waals surface area contributed by atoms with E-state index < -0.39 is 25.6 Å². The lowest BCUT2D eigenvalue weighted by molar-refractivity contribution is 0.414. The van der Waals surface area contributed by atoms with Crippen molar-refractivity contribution in [2.75, 3.05) is 24.1 Å². The van der Waals surface area contributed by atoms with Crippen LogP contribution >= 0.6 is 12.4 Å². The van der Waals surface area contributed by atoms with Crippen LogP contribution in [0, 0.1) is 0 Å². The molecule has 0 fully saturated rings. The Morgan fingerprint density at radius 2 is 1.79 bits per heavy atom. The monoisotopic (exact) mass is 401 g/mol. The molecule has 0 aliphatic rings. The largest absolute Gasteiger partial charge is 0.497 e. The summed E-state index contributed by atoms with van der Waals surface area (Å²) >= 11 is 0. The highest BCUT2D eigenvalue weighted by molar-refractivity contribution is 7.93. The Kier molecular flexibility index (Phi) is 7.97. The summed E-state index contributed by atoms with van der Waals surface area (Å²) in [7, 11) is -6.19. The predicted octanol–water partition coefficient (Wildman–Crippen LogP) is 0.894. The van der Waals surface area contributed by atoms with E-state index in [4.69, 9.17) is 10.5 Å². The number of nitrogens with two attached hydrogens (primary N) is 1. The van der Waals surface area contributed by atoms with Crippen LogP contribution in [0.3, 0.4) is 0 Å². The minimum absolute atomic E-state index is 0. The first-order valence-corrected chi connectivity index (χ1v) is 10.0. The lowest BCUT2D eigenvalue weighted by Crippen LogP contribution is -2.45. The minimum atomic E-state index is -3.94. The first-order valence-electron chi connectivity index (χ1n) is 6.87. The van der Waals surface area contributed by atoms with Crippen LogP contribution in [0.2, 0.25) is 0 Å². The summed E-state index contributed by atoms with van der Waals surface area (Å²) < 4.78 is 58.1. The van der Waals surface area contributed by atoms with E-state index in [9.17, 15) is 16.8 Å². The molecule has 0 aromatic heterocycles. The highest BCUT2D eigenvalue weighted by Crippen LogP contribution is 2.27. The van der Waals surface area contributed by atoms with Crippen molar-refractivity contribution < 1.29 is 21.6 Å². The molecule has 1 aromatic rings. The number of anilines is 1. The maximum Gasteiger partial charge on any atom is 0.242 e. The van der Waals surface area contributed by atoms with Crippen molar-refractivity contribution >= 4 is 38.1 Å². The van der Waals surface area contributed by atoms with Crippen LogP contribution in [0.4, 0.5) is 5.69 Å². The van der Waals surface area contributed by atoms with Gasteiger partial charge in [-0.2, -0.15) is 0 Å². The number of halogens is 1. The molecule has 0 aliphatic heterocycles. The maximum absolute atomic E-state index is 12.4. The lowest BCUT2D eigenvalue weighted by atomic mass is 10.1. The van der Waals surface area contributed by atoms with E-state index in [2.05, 4.69) is 9.44 Å². The molecule has 0 heterocycles. The molecule has 0 saturated heterocycles. The Hall–Kier alpha value is -1.07. The number of nitrogens with one attached hydrogen (secondary N) is 2. The Balaban J connectivity index is 0.00000529. The van der Waals surface area contributed by atoms with Crippen LogP contribution in [0.5, 0.6) is 5.75 Å². The Bertz CT molecular complexity index is 758. The normalized spacial score (nSPS) is 12.4. The second-order valence-electron chi connectivity index (χ2n) is 5.68. The molecule has 11 heteroatoms. The maximum atomic E-state index is 12.4. The summed E-state index contributed by atoms with van der Waals surface area (Å²) in [5.74, 6) is 0.143. The van der Waals surface area contributed by atoms with E-state index in [0.29, 0.717) is 5.75 Å². The van der Waals surface area contributed by atoms with Crippen molar-refractivity contribution in [3.8, 4) is 5.75 Å². The third-order valence-electron chi connectivity index (χ3n) is 2.84. The van der Waals surface area contributed by atoms with Gasteiger partial charge in [-0.25, -0.2) is 21.6 Å². The third-order valence-corrected chi connectivity index (χ3v) is 5.59. The summed E-state index contributed by atoms with van der Waals surface area (Å²) in [6, 6.07) is 4.03. The molecule has 0 bridgehead atoms. The molecular formula is C13H24ClN3O5S2. The topological polar surface area (TPSA) is 128 Å². The van der Waals surface area contributed by atoms with Crippen molar-refractivity contribution in [1.82, 2.24) is 4.72 Å². The van der Waals surface area contributed by atoms with E-state index in [-0.39, 0.29) is 35.3 Å². The molecule has 0 saturated carbocycles. The third kappa shape index (κ3) is 6.81. The van der Waals surface area contributed by atoms with Gasteiger partial charge in [-0.1, -0.05) is 0 Å². The SMILES string of the molecule is CCS(=O)(=O)Nc1cc(OC)ccc1S(=O)(=O)NCC(C)(C)N.Cl. The molecule has 0 unspecified atom stereocenters. The molecule has 140 valence electrons. The molecule has 0 amide bonds. The van der Waals surface area contributed by atoms with Crippen molar-refractivity contribution in [2.24, 2.45) is 5.73 Å². The second kappa shape index (κ2) is 8.34. The average molecular weight is 402 g/mol. The van der Waals surface area contributed by atoms with Crippen LogP contribution < -0.4 is 19.9 Å². The van der Waals surface area contributed by atoms with Crippen LogP contribution in [-0.4, -0.2) is 41.8 Å². The lowest BCUT2D eigenvalue weighted by Gasteiger charge is -2.20. The van der Waals surface area contributed by atoms with E-state index >= 15 is 0 Å². The Morgan fingerprint density at radius 3 is 2.25 bits per heavy atom.